The van der Waals surface area contributed by atoms with Crippen molar-refractivity contribution in [2.45, 2.75) is 16.7 Å². The molecule has 0 amide bonds. The summed E-state index contributed by atoms with van der Waals surface area (Å²) in [6.07, 6.45) is 0. The van der Waals surface area contributed by atoms with Crippen LogP contribution in [0.2, 0.25) is 0 Å². The Hall–Kier alpha value is -1.88. The van der Waals surface area contributed by atoms with E-state index >= 15 is 0 Å². The highest BCUT2D eigenvalue weighted by atomic mass is 32.2. The average molecular weight is 278 g/mol. The van der Waals surface area contributed by atoms with Crippen LogP contribution in [0.1, 0.15) is 11.1 Å². The second-order valence-corrected chi connectivity index (χ2v) is 5.17. The van der Waals surface area contributed by atoms with Gasteiger partial charge < -0.3 is 5.73 Å². The number of nitrogens with two attached hydrogens (primary N) is 1. The zero-order chi connectivity index (χ0) is 14.0. The van der Waals surface area contributed by atoms with Gasteiger partial charge in [0.05, 0.1) is 4.90 Å². The third kappa shape index (κ3) is 3.12. The zero-order valence-corrected chi connectivity index (χ0v) is 11.0. The quantitative estimate of drug-likeness (QED) is 0.664. The van der Waals surface area contributed by atoms with Gasteiger partial charge >= 0.3 is 0 Å². The van der Waals surface area contributed by atoms with E-state index in [0.29, 0.717) is 10.5 Å². The number of nitrogen functional groups attached to an aromatic ring is 1. The highest BCUT2D eigenvalue weighted by Crippen LogP contribution is 2.33. The van der Waals surface area contributed by atoms with Crippen molar-refractivity contribution >= 4 is 17.6 Å². The standard InChI is InChI=1S/C14H12F2N2S/c1-8-2-4-10(14(17)18)12(6-8)19-13-7-9(15)3-5-11(13)16/h2-7H,1H3,(H3,17,18). The van der Waals surface area contributed by atoms with Crippen molar-refractivity contribution < 1.29 is 8.78 Å². The first-order valence-corrected chi connectivity index (χ1v) is 6.37. The third-order valence-corrected chi connectivity index (χ3v) is 3.63. The van der Waals surface area contributed by atoms with Crippen LogP contribution in [0.5, 0.6) is 0 Å². The van der Waals surface area contributed by atoms with Gasteiger partial charge in [-0.1, -0.05) is 17.8 Å². The molecule has 0 aliphatic heterocycles. The van der Waals surface area contributed by atoms with E-state index in [2.05, 4.69) is 0 Å². The molecule has 0 fully saturated rings. The van der Waals surface area contributed by atoms with Crippen molar-refractivity contribution in [1.82, 2.24) is 0 Å². The first kappa shape index (κ1) is 13.5. The largest absolute Gasteiger partial charge is 0.384 e. The van der Waals surface area contributed by atoms with E-state index in [4.69, 9.17) is 11.1 Å². The molecule has 2 rings (SSSR count). The molecule has 98 valence electrons. The summed E-state index contributed by atoms with van der Waals surface area (Å²) in [4.78, 5) is 0.810. The Balaban J connectivity index is 2.45. The van der Waals surface area contributed by atoms with Crippen molar-refractivity contribution in [3.8, 4) is 0 Å². The molecule has 5 heteroatoms. The molecule has 0 atom stereocenters. The van der Waals surface area contributed by atoms with Crippen LogP contribution in [0, 0.1) is 24.0 Å². The molecule has 2 nitrogen and oxygen atoms in total. The summed E-state index contributed by atoms with van der Waals surface area (Å²) in [6, 6.07) is 8.61. The minimum atomic E-state index is -0.499. The van der Waals surface area contributed by atoms with Crippen molar-refractivity contribution in [2.75, 3.05) is 0 Å². The fourth-order valence-corrected chi connectivity index (χ4v) is 2.72. The number of aryl methyl sites for hydroxylation is 1. The minimum Gasteiger partial charge on any atom is -0.384 e. The molecule has 0 bridgehead atoms. The predicted molar refractivity (Wildman–Crippen MR) is 72.7 cm³/mol. The number of benzene rings is 2. The molecule has 0 aliphatic rings. The van der Waals surface area contributed by atoms with Gasteiger partial charge in [-0.25, -0.2) is 8.78 Å². The zero-order valence-electron chi connectivity index (χ0n) is 10.2. The van der Waals surface area contributed by atoms with Crippen LogP contribution in [-0.2, 0) is 0 Å². The van der Waals surface area contributed by atoms with Gasteiger partial charge in [0, 0.05) is 10.5 Å². The summed E-state index contributed by atoms with van der Waals surface area (Å²) in [5, 5.41) is 7.51. The normalized spacial score (nSPS) is 10.5. The lowest BCUT2D eigenvalue weighted by molar-refractivity contribution is 0.577. The maximum Gasteiger partial charge on any atom is 0.137 e. The van der Waals surface area contributed by atoms with Crippen LogP contribution in [0.4, 0.5) is 8.78 Å². The molecule has 0 radical (unpaired) electrons. The van der Waals surface area contributed by atoms with Crippen molar-refractivity contribution in [1.29, 1.82) is 5.41 Å². The summed E-state index contributed by atoms with van der Waals surface area (Å²) >= 11 is 1.06. The van der Waals surface area contributed by atoms with Crippen LogP contribution in [0.3, 0.4) is 0 Å². The highest BCUT2D eigenvalue weighted by Gasteiger charge is 2.11. The highest BCUT2D eigenvalue weighted by molar-refractivity contribution is 7.99. The van der Waals surface area contributed by atoms with E-state index in [-0.39, 0.29) is 10.7 Å². The fraction of sp³-hybridized carbons (Fsp3) is 0.0714. The molecule has 2 aromatic carbocycles. The van der Waals surface area contributed by atoms with Crippen molar-refractivity contribution in [3.05, 3.63) is 59.2 Å². The molecular formula is C14H12F2N2S. The van der Waals surface area contributed by atoms with Crippen LogP contribution < -0.4 is 5.73 Å². The average Bonchev–Trinajstić information content (AvgIpc) is 2.33. The Morgan fingerprint density at radius 1 is 1.11 bits per heavy atom. The maximum absolute atomic E-state index is 13.6. The Kier molecular flexibility index (Phi) is 3.85. The van der Waals surface area contributed by atoms with Crippen LogP contribution in [0.15, 0.2) is 46.2 Å². The number of halogens is 2. The summed E-state index contributed by atoms with van der Waals surface area (Å²) in [5.74, 6) is -1.09. The van der Waals surface area contributed by atoms with Gasteiger partial charge in [0.15, 0.2) is 0 Å². The summed E-state index contributed by atoms with van der Waals surface area (Å²) < 4.78 is 26.8. The molecule has 0 aromatic heterocycles. The van der Waals surface area contributed by atoms with Gasteiger partial charge in [-0.2, -0.15) is 0 Å². The lowest BCUT2D eigenvalue weighted by Crippen LogP contribution is -2.12. The van der Waals surface area contributed by atoms with E-state index in [1.54, 1.807) is 12.1 Å². The van der Waals surface area contributed by atoms with Crippen molar-refractivity contribution in [3.63, 3.8) is 0 Å². The lowest BCUT2D eigenvalue weighted by Gasteiger charge is -2.09. The number of amidine groups is 1. The first-order valence-electron chi connectivity index (χ1n) is 5.55. The molecule has 0 heterocycles. The molecule has 19 heavy (non-hydrogen) atoms. The number of rotatable bonds is 3. The minimum absolute atomic E-state index is 0.0979. The Morgan fingerprint density at radius 3 is 2.53 bits per heavy atom. The maximum atomic E-state index is 13.6. The topological polar surface area (TPSA) is 49.9 Å². The Morgan fingerprint density at radius 2 is 1.84 bits per heavy atom. The van der Waals surface area contributed by atoms with Gasteiger partial charge in [0.2, 0.25) is 0 Å². The van der Waals surface area contributed by atoms with Gasteiger partial charge in [-0.05, 0) is 42.8 Å². The van der Waals surface area contributed by atoms with Gasteiger partial charge in [-0.3, -0.25) is 5.41 Å². The smallest absolute Gasteiger partial charge is 0.137 e. The number of hydrogen-bond acceptors (Lipinski definition) is 2. The van der Waals surface area contributed by atoms with E-state index in [1.807, 2.05) is 13.0 Å². The Labute approximate surface area is 114 Å². The van der Waals surface area contributed by atoms with Gasteiger partial charge in [0.25, 0.3) is 0 Å². The molecule has 0 unspecified atom stereocenters. The molecular weight excluding hydrogens is 266 g/mol. The van der Waals surface area contributed by atoms with Crippen LogP contribution in [0.25, 0.3) is 0 Å². The predicted octanol–water partition coefficient (Wildman–Crippen LogP) is 3.71. The van der Waals surface area contributed by atoms with E-state index in [9.17, 15) is 8.78 Å². The third-order valence-electron chi connectivity index (χ3n) is 2.54. The molecule has 0 saturated carbocycles. The molecule has 2 aromatic rings. The fourth-order valence-electron chi connectivity index (χ4n) is 1.61. The lowest BCUT2D eigenvalue weighted by atomic mass is 10.1. The van der Waals surface area contributed by atoms with Gasteiger partial charge in [-0.15, -0.1) is 0 Å². The summed E-state index contributed by atoms with van der Waals surface area (Å²) in [7, 11) is 0. The van der Waals surface area contributed by atoms with Crippen molar-refractivity contribution in [2.24, 2.45) is 5.73 Å². The number of nitrogens with one attached hydrogen (secondary N) is 1. The Bertz CT molecular complexity index is 641. The molecule has 0 saturated heterocycles. The van der Waals surface area contributed by atoms with Crippen LogP contribution in [-0.4, -0.2) is 5.84 Å². The monoisotopic (exact) mass is 278 g/mol. The van der Waals surface area contributed by atoms with E-state index in [1.165, 1.54) is 0 Å². The molecule has 0 aliphatic carbocycles. The second kappa shape index (κ2) is 5.40. The molecule has 0 spiro atoms. The van der Waals surface area contributed by atoms with Gasteiger partial charge in [0.1, 0.15) is 17.5 Å². The summed E-state index contributed by atoms with van der Waals surface area (Å²) in [5.41, 5.74) is 6.96. The first-order chi connectivity index (χ1) is 8.97. The van der Waals surface area contributed by atoms with Crippen LogP contribution >= 0.6 is 11.8 Å². The van der Waals surface area contributed by atoms with E-state index < -0.39 is 11.6 Å². The second-order valence-electron chi connectivity index (χ2n) is 4.09. The van der Waals surface area contributed by atoms with E-state index in [0.717, 1.165) is 35.5 Å². The summed E-state index contributed by atoms with van der Waals surface area (Å²) in [6.45, 7) is 1.88. The number of hydrogen-bond donors (Lipinski definition) is 2. The SMILES string of the molecule is Cc1ccc(C(=N)N)c(Sc2cc(F)ccc2F)c1. The molecule has 3 N–H and O–H groups in total.